The van der Waals surface area contributed by atoms with Gasteiger partial charge in [0.2, 0.25) is 5.43 Å². The number of carbonyl (C=O) groups is 1. The Morgan fingerprint density at radius 1 is 1.14 bits per heavy atom. The molecule has 0 fully saturated rings. The number of hydrogen-bond acceptors (Lipinski definition) is 4. The summed E-state index contributed by atoms with van der Waals surface area (Å²) in [6, 6.07) is 13.1. The van der Waals surface area contributed by atoms with Gasteiger partial charge in [0.15, 0.2) is 5.69 Å². The van der Waals surface area contributed by atoms with E-state index < -0.39 is 17.2 Å². The van der Waals surface area contributed by atoms with Crippen molar-refractivity contribution in [3.05, 3.63) is 87.1 Å². The molecule has 0 saturated heterocycles. The molecular weight excluding hydrogens is 373 g/mol. The number of benzene rings is 2. The summed E-state index contributed by atoms with van der Waals surface area (Å²) in [7, 11) is 0. The number of carbonyl (C=O) groups excluding carboxylic acids is 1. The lowest BCUT2D eigenvalue weighted by molar-refractivity contribution is 0.0939. The SMILES string of the molecule is Cc1ccc(OCCNC(=O)c2nn(-c3ccccc3F)c(C)cc2=O)c(C)c1. The van der Waals surface area contributed by atoms with E-state index in [4.69, 9.17) is 4.74 Å². The number of amides is 1. The molecule has 1 amide bonds. The van der Waals surface area contributed by atoms with Crippen LogP contribution in [0.4, 0.5) is 4.39 Å². The van der Waals surface area contributed by atoms with E-state index in [2.05, 4.69) is 10.4 Å². The highest BCUT2D eigenvalue weighted by Gasteiger charge is 2.16. The van der Waals surface area contributed by atoms with Crippen LogP contribution in [0, 0.1) is 26.6 Å². The van der Waals surface area contributed by atoms with Crippen LogP contribution in [0.25, 0.3) is 5.69 Å². The van der Waals surface area contributed by atoms with Gasteiger partial charge in [-0.25, -0.2) is 9.07 Å². The van der Waals surface area contributed by atoms with Crippen LogP contribution in [-0.4, -0.2) is 28.8 Å². The number of halogens is 1. The molecule has 1 aromatic heterocycles. The normalized spacial score (nSPS) is 10.6. The van der Waals surface area contributed by atoms with Crippen molar-refractivity contribution in [3.63, 3.8) is 0 Å². The van der Waals surface area contributed by atoms with Gasteiger partial charge in [0.05, 0.1) is 6.54 Å². The Kier molecular flexibility index (Phi) is 6.07. The van der Waals surface area contributed by atoms with Crippen molar-refractivity contribution in [1.82, 2.24) is 15.1 Å². The fourth-order valence-corrected chi connectivity index (χ4v) is 2.94. The summed E-state index contributed by atoms with van der Waals surface area (Å²) in [6.07, 6.45) is 0. The Bertz CT molecular complexity index is 1110. The number of aryl methyl sites for hydroxylation is 3. The number of nitrogens with zero attached hydrogens (tertiary/aromatic N) is 2. The molecule has 3 rings (SSSR count). The number of para-hydroxylation sites is 1. The fraction of sp³-hybridized carbons (Fsp3) is 0.227. The van der Waals surface area contributed by atoms with Gasteiger partial charge in [0.1, 0.15) is 23.9 Å². The standard InChI is InChI=1S/C22H22FN3O3/c1-14-8-9-20(15(2)12-14)29-11-10-24-22(28)21-19(27)13-16(3)26(25-21)18-7-5-4-6-17(18)23/h4-9,12-13H,10-11H2,1-3H3,(H,24,28). The molecule has 2 aromatic carbocycles. The van der Waals surface area contributed by atoms with Gasteiger partial charge in [-0.2, -0.15) is 5.10 Å². The molecule has 0 atom stereocenters. The van der Waals surface area contributed by atoms with Crippen molar-refractivity contribution in [2.24, 2.45) is 0 Å². The highest BCUT2D eigenvalue weighted by Crippen LogP contribution is 2.18. The molecule has 7 heteroatoms. The van der Waals surface area contributed by atoms with Crippen molar-refractivity contribution in [1.29, 1.82) is 0 Å². The van der Waals surface area contributed by atoms with Gasteiger partial charge < -0.3 is 10.1 Å². The molecule has 0 aliphatic heterocycles. The van der Waals surface area contributed by atoms with Crippen molar-refractivity contribution in [2.75, 3.05) is 13.2 Å². The van der Waals surface area contributed by atoms with Crippen LogP contribution >= 0.6 is 0 Å². The molecule has 0 saturated carbocycles. The van der Waals surface area contributed by atoms with E-state index in [1.54, 1.807) is 19.1 Å². The predicted molar refractivity (Wildman–Crippen MR) is 108 cm³/mol. The topological polar surface area (TPSA) is 73.2 Å². The minimum Gasteiger partial charge on any atom is -0.491 e. The smallest absolute Gasteiger partial charge is 0.275 e. The van der Waals surface area contributed by atoms with E-state index in [9.17, 15) is 14.0 Å². The van der Waals surface area contributed by atoms with Gasteiger partial charge in [-0.05, 0) is 44.5 Å². The molecule has 0 bridgehead atoms. The number of rotatable bonds is 6. The summed E-state index contributed by atoms with van der Waals surface area (Å²) in [4.78, 5) is 24.7. The summed E-state index contributed by atoms with van der Waals surface area (Å²) < 4.78 is 21.0. The van der Waals surface area contributed by atoms with Gasteiger partial charge in [0, 0.05) is 11.8 Å². The molecule has 150 valence electrons. The van der Waals surface area contributed by atoms with Crippen LogP contribution in [0.1, 0.15) is 27.3 Å². The second-order valence-electron chi connectivity index (χ2n) is 6.74. The van der Waals surface area contributed by atoms with E-state index >= 15 is 0 Å². The van der Waals surface area contributed by atoms with Crippen molar-refractivity contribution >= 4 is 5.91 Å². The Morgan fingerprint density at radius 2 is 1.90 bits per heavy atom. The Balaban J connectivity index is 1.70. The van der Waals surface area contributed by atoms with Gasteiger partial charge >= 0.3 is 0 Å². The third kappa shape index (κ3) is 4.68. The first-order valence-electron chi connectivity index (χ1n) is 9.21. The molecule has 29 heavy (non-hydrogen) atoms. The zero-order valence-electron chi connectivity index (χ0n) is 16.5. The molecule has 1 heterocycles. The Morgan fingerprint density at radius 3 is 2.62 bits per heavy atom. The maximum absolute atomic E-state index is 14.1. The van der Waals surface area contributed by atoms with Gasteiger partial charge in [0.25, 0.3) is 5.91 Å². The first-order valence-corrected chi connectivity index (χ1v) is 9.21. The van der Waals surface area contributed by atoms with E-state index in [1.807, 2.05) is 32.0 Å². The first-order chi connectivity index (χ1) is 13.9. The zero-order valence-corrected chi connectivity index (χ0v) is 16.5. The predicted octanol–water partition coefficient (Wildman–Crippen LogP) is 3.11. The van der Waals surface area contributed by atoms with Crippen molar-refractivity contribution < 1.29 is 13.9 Å². The molecule has 0 spiro atoms. The van der Waals surface area contributed by atoms with Gasteiger partial charge in [-0.3, -0.25) is 9.59 Å². The number of aromatic nitrogens is 2. The molecule has 3 aromatic rings. The lowest BCUT2D eigenvalue weighted by Crippen LogP contribution is -2.34. The van der Waals surface area contributed by atoms with Crippen LogP contribution < -0.4 is 15.5 Å². The number of ether oxygens (including phenoxy) is 1. The maximum atomic E-state index is 14.1. The largest absolute Gasteiger partial charge is 0.491 e. The molecule has 0 aliphatic rings. The van der Waals surface area contributed by atoms with Gasteiger partial charge in [-0.15, -0.1) is 0 Å². The second kappa shape index (κ2) is 8.68. The minimum absolute atomic E-state index is 0.164. The Hall–Kier alpha value is -3.48. The highest BCUT2D eigenvalue weighted by molar-refractivity contribution is 5.92. The lowest BCUT2D eigenvalue weighted by atomic mass is 10.1. The summed E-state index contributed by atoms with van der Waals surface area (Å²) >= 11 is 0. The summed E-state index contributed by atoms with van der Waals surface area (Å²) in [6.45, 7) is 6.01. The summed E-state index contributed by atoms with van der Waals surface area (Å²) in [5.41, 5.74) is 1.91. The molecule has 6 nitrogen and oxygen atoms in total. The fourth-order valence-electron chi connectivity index (χ4n) is 2.94. The first kappa shape index (κ1) is 20.3. The van der Waals surface area contributed by atoms with E-state index in [0.717, 1.165) is 16.9 Å². The third-order valence-corrected chi connectivity index (χ3v) is 4.38. The Labute approximate surface area is 168 Å². The monoisotopic (exact) mass is 395 g/mol. The van der Waals surface area contributed by atoms with Crippen molar-refractivity contribution in [2.45, 2.75) is 20.8 Å². The van der Waals surface area contributed by atoms with Crippen LogP contribution in [0.3, 0.4) is 0 Å². The average Bonchev–Trinajstić information content (AvgIpc) is 2.67. The number of hydrogen-bond donors (Lipinski definition) is 1. The molecular formula is C22H22FN3O3. The van der Waals surface area contributed by atoms with Crippen LogP contribution in [-0.2, 0) is 0 Å². The maximum Gasteiger partial charge on any atom is 0.275 e. The van der Waals surface area contributed by atoms with Crippen LogP contribution in [0.15, 0.2) is 53.3 Å². The summed E-state index contributed by atoms with van der Waals surface area (Å²) in [5, 5.41) is 6.69. The van der Waals surface area contributed by atoms with Crippen LogP contribution in [0.5, 0.6) is 5.75 Å². The van der Waals surface area contributed by atoms with E-state index in [0.29, 0.717) is 5.69 Å². The quantitative estimate of drug-likeness (QED) is 0.651. The average molecular weight is 395 g/mol. The second-order valence-corrected chi connectivity index (χ2v) is 6.74. The minimum atomic E-state index is -0.635. The third-order valence-electron chi connectivity index (χ3n) is 4.38. The molecule has 0 unspecified atom stereocenters. The summed E-state index contributed by atoms with van der Waals surface area (Å²) in [5.74, 6) is -0.399. The van der Waals surface area contributed by atoms with Crippen molar-refractivity contribution in [3.8, 4) is 11.4 Å². The molecule has 0 radical (unpaired) electrons. The molecule has 0 aliphatic carbocycles. The molecule has 1 N–H and O–H groups in total. The zero-order chi connectivity index (χ0) is 21.0. The van der Waals surface area contributed by atoms with Crippen LogP contribution in [0.2, 0.25) is 0 Å². The van der Waals surface area contributed by atoms with Gasteiger partial charge in [-0.1, -0.05) is 29.8 Å². The number of nitrogens with one attached hydrogen (secondary N) is 1. The highest BCUT2D eigenvalue weighted by atomic mass is 19.1. The lowest BCUT2D eigenvalue weighted by Gasteiger charge is -2.12. The van der Waals surface area contributed by atoms with E-state index in [1.165, 1.54) is 22.9 Å². The van der Waals surface area contributed by atoms with E-state index in [-0.39, 0.29) is 24.5 Å².